The molecule has 4 nitrogen and oxygen atoms in total. The molecule has 0 rings (SSSR count). The van der Waals surface area contributed by atoms with Crippen LogP contribution in [0.15, 0.2) is 0 Å². The van der Waals surface area contributed by atoms with Gasteiger partial charge in [0.05, 0.1) is 18.6 Å². The second-order valence-electron chi connectivity index (χ2n) is 5.04. The van der Waals surface area contributed by atoms with Gasteiger partial charge in [-0.25, -0.2) is 0 Å². The quantitative estimate of drug-likeness (QED) is 0.471. The molecule has 0 radical (unpaired) electrons. The Labute approximate surface area is 110 Å². The average molecular weight is 260 g/mol. The first-order valence-electron chi connectivity index (χ1n) is 7.14. The predicted octanol–water partition coefficient (Wildman–Crippen LogP) is 2.71. The van der Waals surface area contributed by atoms with Crippen LogP contribution in [0.25, 0.3) is 0 Å². The van der Waals surface area contributed by atoms with Crippen molar-refractivity contribution >= 4 is 5.97 Å². The lowest BCUT2D eigenvalue weighted by Gasteiger charge is -2.09. The molecule has 3 N–H and O–H groups in total. The molecule has 0 saturated carbocycles. The van der Waals surface area contributed by atoms with Gasteiger partial charge in [-0.1, -0.05) is 45.4 Å². The summed E-state index contributed by atoms with van der Waals surface area (Å²) < 4.78 is 0. The van der Waals surface area contributed by atoms with Crippen LogP contribution >= 0.6 is 0 Å². The maximum absolute atomic E-state index is 10.3. The van der Waals surface area contributed by atoms with E-state index in [9.17, 15) is 15.0 Å². The van der Waals surface area contributed by atoms with Gasteiger partial charge in [0.25, 0.3) is 0 Å². The summed E-state index contributed by atoms with van der Waals surface area (Å²) in [6, 6.07) is 0. The third kappa shape index (κ3) is 11.9. The van der Waals surface area contributed by atoms with Crippen molar-refractivity contribution in [3.63, 3.8) is 0 Å². The van der Waals surface area contributed by atoms with Crippen LogP contribution in [0.3, 0.4) is 0 Å². The lowest BCUT2D eigenvalue weighted by atomic mass is 10.0. The van der Waals surface area contributed by atoms with Crippen LogP contribution in [0.4, 0.5) is 0 Å². The zero-order valence-corrected chi connectivity index (χ0v) is 11.5. The molecule has 0 bridgehead atoms. The molecule has 0 unspecified atom stereocenters. The Kier molecular flexibility index (Phi) is 11.1. The van der Waals surface area contributed by atoms with Gasteiger partial charge < -0.3 is 15.3 Å². The van der Waals surface area contributed by atoms with Gasteiger partial charge in [-0.2, -0.15) is 0 Å². The molecule has 2 atom stereocenters. The molecule has 108 valence electrons. The third-order valence-electron chi connectivity index (χ3n) is 3.11. The number of carboxylic acid groups (broad SMARTS) is 1. The van der Waals surface area contributed by atoms with Crippen molar-refractivity contribution < 1.29 is 20.1 Å². The average Bonchev–Trinajstić information content (AvgIpc) is 2.27. The Morgan fingerprint density at radius 3 is 1.89 bits per heavy atom. The minimum absolute atomic E-state index is 0.146. The molecular weight excluding hydrogens is 232 g/mol. The van der Waals surface area contributed by atoms with E-state index in [4.69, 9.17) is 5.11 Å². The fraction of sp³-hybridized carbons (Fsp3) is 0.929. The number of hydrogen-bond donors (Lipinski definition) is 3. The van der Waals surface area contributed by atoms with E-state index in [1.54, 1.807) is 0 Å². The number of aliphatic hydroxyl groups excluding tert-OH is 2. The van der Waals surface area contributed by atoms with Crippen LogP contribution in [0.2, 0.25) is 0 Å². The first kappa shape index (κ1) is 17.4. The summed E-state index contributed by atoms with van der Waals surface area (Å²) in [7, 11) is 0. The number of hydrogen-bond acceptors (Lipinski definition) is 3. The van der Waals surface area contributed by atoms with Crippen molar-refractivity contribution in [2.75, 3.05) is 0 Å². The predicted molar refractivity (Wildman–Crippen MR) is 71.5 cm³/mol. The lowest BCUT2D eigenvalue weighted by molar-refractivity contribution is -0.139. The summed E-state index contributed by atoms with van der Waals surface area (Å²) >= 11 is 0. The summed E-state index contributed by atoms with van der Waals surface area (Å²) in [6.45, 7) is 2.08. The van der Waals surface area contributed by atoms with E-state index in [-0.39, 0.29) is 12.5 Å². The van der Waals surface area contributed by atoms with Crippen LogP contribution in [-0.4, -0.2) is 33.5 Å². The summed E-state index contributed by atoms with van der Waals surface area (Å²) in [6.07, 6.45) is 7.55. The van der Waals surface area contributed by atoms with Crippen LogP contribution in [0.5, 0.6) is 0 Å². The highest BCUT2D eigenvalue weighted by molar-refractivity contribution is 5.67. The smallest absolute Gasteiger partial charge is 0.305 e. The minimum atomic E-state index is -0.938. The Morgan fingerprint density at radius 1 is 0.889 bits per heavy atom. The topological polar surface area (TPSA) is 77.8 Å². The molecular formula is C14H28O4. The van der Waals surface area contributed by atoms with Gasteiger partial charge in [0.15, 0.2) is 0 Å². The van der Waals surface area contributed by atoms with Gasteiger partial charge in [0.2, 0.25) is 0 Å². The third-order valence-corrected chi connectivity index (χ3v) is 3.11. The molecule has 0 heterocycles. The van der Waals surface area contributed by atoms with E-state index in [1.807, 2.05) is 0 Å². The van der Waals surface area contributed by atoms with Gasteiger partial charge >= 0.3 is 5.97 Å². The molecule has 0 saturated heterocycles. The van der Waals surface area contributed by atoms with Gasteiger partial charge in [-0.3, -0.25) is 4.79 Å². The van der Waals surface area contributed by atoms with Crippen LogP contribution < -0.4 is 0 Å². The van der Waals surface area contributed by atoms with Crippen molar-refractivity contribution in [1.29, 1.82) is 0 Å². The Bertz CT molecular complexity index is 206. The number of aliphatic carboxylic acids is 1. The van der Waals surface area contributed by atoms with Crippen molar-refractivity contribution in [2.45, 2.75) is 83.3 Å². The molecule has 18 heavy (non-hydrogen) atoms. The summed E-state index contributed by atoms with van der Waals surface area (Å²) in [5.41, 5.74) is 0. The fourth-order valence-electron chi connectivity index (χ4n) is 2.07. The number of carbonyl (C=O) groups is 1. The van der Waals surface area contributed by atoms with E-state index < -0.39 is 12.1 Å². The van der Waals surface area contributed by atoms with E-state index in [2.05, 4.69) is 6.92 Å². The summed E-state index contributed by atoms with van der Waals surface area (Å²) in [5.74, 6) is -0.938. The standard InChI is InChI=1S/C14H28O4/c1-2-8-12(15)9-6-4-3-5-7-10-13(16)11-14(17)18/h12-13,15-16H,2-11H2,1H3,(H,17,18)/t12-,13-/m0/s1. The SMILES string of the molecule is CCC[C@H](O)CCCCCCC[C@H](O)CC(=O)O. The Morgan fingerprint density at radius 2 is 1.39 bits per heavy atom. The fourth-order valence-corrected chi connectivity index (χ4v) is 2.07. The van der Waals surface area contributed by atoms with Gasteiger partial charge in [-0.05, 0) is 19.3 Å². The lowest BCUT2D eigenvalue weighted by Crippen LogP contribution is -2.12. The van der Waals surface area contributed by atoms with Crippen molar-refractivity contribution in [2.24, 2.45) is 0 Å². The second kappa shape index (κ2) is 11.5. The van der Waals surface area contributed by atoms with E-state index in [0.29, 0.717) is 6.42 Å². The largest absolute Gasteiger partial charge is 0.481 e. The number of unbranched alkanes of at least 4 members (excludes halogenated alkanes) is 4. The number of aliphatic hydroxyl groups is 2. The highest BCUT2D eigenvalue weighted by Crippen LogP contribution is 2.12. The molecule has 0 amide bonds. The molecule has 0 fully saturated rings. The van der Waals surface area contributed by atoms with E-state index in [0.717, 1.165) is 51.4 Å². The minimum Gasteiger partial charge on any atom is -0.481 e. The Balaban J connectivity index is 3.23. The van der Waals surface area contributed by atoms with Gasteiger partial charge in [-0.15, -0.1) is 0 Å². The van der Waals surface area contributed by atoms with Crippen molar-refractivity contribution in [3.05, 3.63) is 0 Å². The van der Waals surface area contributed by atoms with E-state index in [1.165, 1.54) is 0 Å². The molecule has 0 aliphatic rings. The molecule has 0 spiro atoms. The van der Waals surface area contributed by atoms with E-state index >= 15 is 0 Å². The number of rotatable bonds is 12. The maximum atomic E-state index is 10.3. The molecule has 0 aliphatic heterocycles. The maximum Gasteiger partial charge on any atom is 0.305 e. The highest BCUT2D eigenvalue weighted by atomic mass is 16.4. The summed E-state index contributed by atoms with van der Waals surface area (Å²) in [5, 5.41) is 27.3. The molecule has 0 aliphatic carbocycles. The van der Waals surface area contributed by atoms with Crippen LogP contribution in [0, 0.1) is 0 Å². The van der Waals surface area contributed by atoms with Crippen LogP contribution in [0.1, 0.15) is 71.1 Å². The zero-order chi connectivity index (χ0) is 13.8. The first-order valence-corrected chi connectivity index (χ1v) is 7.14. The monoisotopic (exact) mass is 260 g/mol. The van der Waals surface area contributed by atoms with Crippen molar-refractivity contribution in [3.8, 4) is 0 Å². The molecule has 0 aromatic heterocycles. The molecule has 0 aromatic rings. The number of carboxylic acids is 1. The van der Waals surface area contributed by atoms with Crippen LogP contribution in [-0.2, 0) is 4.79 Å². The summed E-state index contributed by atoms with van der Waals surface area (Å²) in [4.78, 5) is 10.3. The second-order valence-corrected chi connectivity index (χ2v) is 5.04. The van der Waals surface area contributed by atoms with Gasteiger partial charge in [0, 0.05) is 0 Å². The Hall–Kier alpha value is -0.610. The highest BCUT2D eigenvalue weighted by Gasteiger charge is 2.08. The van der Waals surface area contributed by atoms with Crippen molar-refractivity contribution in [1.82, 2.24) is 0 Å². The molecule has 0 aromatic carbocycles. The zero-order valence-electron chi connectivity index (χ0n) is 11.5. The first-order chi connectivity index (χ1) is 8.56. The molecule has 4 heteroatoms. The normalized spacial score (nSPS) is 14.4. The van der Waals surface area contributed by atoms with Gasteiger partial charge in [0.1, 0.15) is 0 Å².